The Morgan fingerprint density at radius 3 is 1.72 bits per heavy atom. The number of nitrogens with zero attached hydrogens (tertiary/aromatic N) is 2. The Kier molecular flexibility index (Phi) is 7.96. The van der Waals surface area contributed by atoms with E-state index in [1.807, 2.05) is 11.3 Å². The summed E-state index contributed by atoms with van der Waals surface area (Å²) in [7, 11) is 2.21. The molecule has 0 saturated carbocycles. The van der Waals surface area contributed by atoms with Crippen LogP contribution in [0.2, 0.25) is 0 Å². The molecule has 0 amide bonds. The molecule has 4 nitrogen and oxygen atoms in total. The van der Waals surface area contributed by atoms with Crippen molar-refractivity contribution in [2.75, 3.05) is 4.90 Å². The predicted octanol–water partition coefficient (Wildman–Crippen LogP) is 12.9. The van der Waals surface area contributed by atoms with Gasteiger partial charge in [-0.3, -0.25) is 0 Å². The van der Waals surface area contributed by atoms with E-state index in [1.165, 1.54) is 53.4 Å². The molecule has 0 atom stereocenters. The number of aromatic nitrogens is 1. The molecule has 4 heterocycles. The van der Waals surface area contributed by atoms with Gasteiger partial charge in [0.05, 0.1) is 11.2 Å². The highest BCUT2D eigenvalue weighted by atomic mass is 32.1. The first kappa shape index (κ1) is 36.9. The quantitative estimate of drug-likeness (QED) is 0.167. The summed E-state index contributed by atoms with van der Waals surface area (Å²) in [5.41, 5.74) is 12.9. The fraction of sp³-hybridized carbons (Fsp3) is 0.269. The predicted molar refractivity (Wildman–Crippen MR) is 249 cm³/mol. The number of anilines is 3. The lowest BCUT2D eigenvalue weighted by Gasteiger charge is -2.36. The smallest absolute Gasteiger partial charge is 0.273 e. The summed E-state index contributed by atoms with van der Waals surface area (Å²) in [6, 6.07) is 40.9. The second-order valence-electron chi connectivity index (χ2n) is 19.6. The zero-order valence-corrected chi connectivity index (χ0v) is 36.4. The molecule has 6 aromatic carbocycles. The van der Waals surface area contributed by atoms with Crippen molar-refractivity contribution in [1.82, 2.24) is 4.57 Å². The van der Waals surface area contributed by atoms with Crippen LogP contribution in [0.4, 0.5) is 17.1 Å². The number of hydrogen-bond donors (Lipinski definition) is 0. The van der Waals surface area contributed by atoms with Gasteiger partial charge in [0.15, 0.2) is 0 Å². The van der Waals surface area contributed by atoms with Crippen LogP contribution in [0, 0.1) is 6.92 Å². The summed E-state index contributed by atoms with van der Waals surface area (Å²) in [4.78, 5) is 2.45. The molecule has 6 heteroatoms. The summed E-state index contributed by atoms with van der Waals surface area (Å²) in [6.07, 6.45) is 0. The average molecular weight is 779 g/mol. The number of hydrogen-bond acceptors (Lipinski definition) is 4. The van der Waals surface area contributed by atoms with Gasteiger partial charge in [0, 0.05) is 55.0 Å². The molecule has 0 unspecified atom stereocenters. The van der Waals surface area contributed by atoms with Gasteiger partial charge in [-0.2, -0.15) is 0 Å². The Labute approximate surface area is 347 Å². The Morgan fingerprint density at radius 2 is 1.14 bits per heavy atom. The molecule has 290 valence electrons. The third-order valence-electron chi connectivity index (χ3n) is 12.4. The molecule has 10 rings (SSSR count). The second-order valence-corrected chi connectivity index (χ2v) is 20.7. The van der Waals surface area contributed by atoms with E-state index in [0.717, 1.165) is 56.5 Å². The number of ether oxygens (including phenoxy) is 2. The SMILES string of the molecule is Cc1cc2c3c(c1)Oc1c(sc4ccc(C(C)(C)C)cc14)B3c1cc3c(c(N(c4ccc(C(C)(C)C)cc4)c4ccc(C(C)(C)C)cc4)c1O2)c1ccccc1n3C. The third-order valence-corrected chi connectivity index (χ3v) is 13.7. The zero-order valence-electron chi connectivity index (χ0n) is 35.6. The molecule has 0 N–H and O–H groups in total. The molecule has 8 aromatic rings. The topological polar surface area (TPSA) is 26.6 Å². The van der Waals surface area contributed by atoms with Gasteiger partial charge >= 0.3 is 0 Å². The van der Waals surface area contributed by atoms with Gasteiger partial charge in [0.2, 0.25) is 0 Å². The molecule has 0 radical (unpaired) electrons. The Morgan fingerprint density at radius 1 is 0.586 bits per heavy atom. The zero-order chi connectivity index (χ0) is 40.6. The van der Waals surface area contributed by atoms with E-state index in [9.17, 15) is 0 Å². The van der Waals surface area contributed by atoms with Crippen molar-refractivity contribution >= 4 is 82.7 Å². The van der Waals surface area contributed by atoms with Crippen LogP contribution in [0.25, 0.3) is 31.9 Å². The number of fused-ring (bicyclic) bond motifs is 9. The van der Waals surface area contributed by atoms with Gasteiger partial charge in [0.1, 0.15) is 23.0 Å². The van der Waals surface area contributed by atoms with Crippen LogP contribution in [0.5, 0.6) is 23.0 Å². The minimum absolute atomic E-state index is 0.0132. The van der Waals surface area contributed by atoms with Crippen molar-refractivity contribution in [3.8, 4) is 23.0 Å². The maximum Gasteiger partial charge on any atom is 0.273 e. The van der Waals surface area contributed by atoms with Crippen molar-refractivity contribution in [3.63, 3.8) is 0 Å². The third kappa shape index (κ3) is 5.62. The molecular formula is C52H51BN2O2S. The molecule has 0 saturated heterocycles. The number of rotatable bonds is 3. The fourth-order valence-corrected chi connectivity index (χ4v) is 10.4. The molecule has 0 spiro atoms. The molecule has 2 aliphatic heterocycles. The summed E-state index contributed by atoms with van der Waals surface area (Å²) >= 11 is 1.85. The van der Waals surface area contributed by atoms with Crippen LogP contribution in [0.15, 0.2) is 109 Å². The summed E-state index contributed by atoms with van der Waals surface area (Å²) in [5.74, 6) is 3.60. The lowest BCUT2D eigenvalue weighted by molar-refractivity contribution is 0.468. The second kappa shape index (κ2) is 12.5. The van der Waals surface area contributed by atoms with Crippen LogP contribution < -0.4 is 30.1 Å². The lowest BCUT2D eigenvalue weighted by atomic mass is 9.37. The van der Waals surface area contributed by atoms with E-state index < -0.39 is 0 Å². The van der Waals surface area contributed by atoms with Crippen LogP contribution in [0.1, 0.15) is 84.6 Å². The Balaban J connectivity index is 1.32. The standard InChI is InChI=1S/C52H51BN2O2S/c1-30-26-41-45-42(27-30)57-48-38(53(45)49-47(56-41)37-28-33(52(8,9)10)20-25-43(37)58-49)29-40-44(36-14-12-13-15-39(36)54(40)11)46(48)55(34-21-16-31(17-22-34)50(2,3)4)35-23-18-32(19-24-35)51(5,6)7/h12-29H,1-11H3. The molecule has 0 aliphatic carbocycles. The normalized spacial score (nSPS) is 13.7. The maximum atomic E-state index is 7.41. The van der Waals surface area contributed by atoms with Crippen LogP contribution in [-0.2, 0) is 23.3 Å². The molecular weight excluding hydrogens is 727 g/mol. The fourth-order valence-electron chi connectivity index (χ4n) is 9.15. The van der Waals surface area contributed by atoms with Gasteiger partial charge in [-0.05, 0) is 112 Å². The molecule has 2 aliphatic rings. The van der Waals surface area contributed by atoms with Gasteiger partial charge in [-0.15, -0.1) is 11.3 Å². The Bertz CT molecular complexity index is 2910. The minimum Gasteiger partial charge on any atom is -0.457 e. The van der Waals surface area contributed by atoms with Crippen LogP contribution >= 0.6 is 11.3 Å². The first-order valence-electron chi connectivity index (χ1n) is 20.6. The van der Waals surface area contributed by atoms with E-state index in [1.54, 1.807) is 0 Å². The summed E-state index contributed by atoms with van der Waals surface area (Å²) < 4.78 is 19.2. The number of para-hydroxylation sites is 1. The largest absolute Gasteiger partial charge is 0.457 e. The van der Waals surface area contributed by atoms with Gasteiger partial charge < -0.3 is 18.9 Å². The first-order chi connectivity index (χ1) is 27.5. The molecule has 0 bridgehead atoms. The number of thiophene rings is 1. The molecule has 58 heavy (non-hydrogen) atoms. The first-order valence-corrected chi connectivity index (χ1v) is 21.4. The van der Waals surface area contributed by atoms with Crippen molar-refractivity contribution in [1.29, 1.82) is 0 Å². The van der Waals surface area contributed by atoms with Crippen molar-refractivity contribution in [2.24, 2.45) is 7.05 Å². The van der Waals surface area contributed by atoms with Gasteiger partial charge in [0.25, 0.3) is 6.71 Å². The number of aryl methyl sites for hydroxylation is 2. The van der Waals surface area contributed by atoms with Crippen molar-refractivity contribution in [3.05, 3.63) is 131 Å². The van der Waals surface area contributed by atoms with E-state index in [0.29, 0.717) is 0 Å². The van der Waals surface area contributed by atoms with E-state index in [4.69, 9.17) is 9.47 Å². The van der Waals surface area contributed by atoms with Crippen molar-refractivity contribution in [2.45, 2.75) is 85.5 Å². The monoisotopic (exact) mass is 778 g/mol. The highest BCUT2D eigenvalue weighted by molar-refractivity contribution is 7.33. The van der Waals surface area contributed by atoms with E-state index in [-0.39, 0.29) is 23.0 Å². The highest BCUT2D eigenvalue weighted by Gasteiger charge is 2.45. The Hall–Kier alpha value is -5.46. The molecule has 0 fully saturated rings. The minimum atomic E-state index is -0.0804. The van der Waals surface area contributed by atoms with Crippen LogP contribution in [-0.4, -0.2) is 11.3 Å². The van der Waals surface area contributed by atoms with Crippen LogP contribution in [0.3, 0.4) is 0 Å². The van der Waals surface area contributed by atoms with Gasteiger partial charge in [-0.25, -0.2) is 0 Å². The summed E-state index contributed by atoms with van der Waals surface area (Å²) in [6.45, 7) is 22.6. The number of benzene rings is 6. The van der Waals surface area contributed by atoms with E-state index in [2.05, 4.69) is 195 Å². The van der Waals surface area contributed by atoms with Crippen molar-refractivity contribution < 1.29 is 9.47 Å². The summed E-state index contributed by atoms with van der Waals surface area (Å²) in [5, 5.41) is 3.55. The van der Waals surface area contributed by atoms with E-state index >= 15 is 0 Å². The lowest BCUT2D eigenvalue weighted by Crippen LogP contribution is -2.56. The van der Waals surface area contributed by atoms with Gasteiger partial charge in [-0.1, -0.05) is 111 Å². The maximum absolute atomic E-state index is 7.41. The average Bonchev–Trinajstić information content (AvgIpc) is 3.68. The molecule has 2 aromatic heterocycles. The highest BCUT2D eigenvalue weighted by Crippen LogP contribution is 2.51.